The van der Waals surface area contributed by atoms with Gasteiger partial charge >= 0.3 is 0 Å². The van der Waals surface area contributed by atoms with Crippen molar-refractivity contribution in [1.82, 2.24) is 16.0 Å². The fourth-order valence-corrected chi connectivity index (χ4v) is 3.88. The fourth-order valence-electron chi connectivity index (χ4n) is 3.06. The lowest BCUT2D eigenvalue weighted by atomic mass is 9.95. The lowest BCUT2D eigenvalue weighted by Gasteiger charge is -2.29. The van der Waals surface area contributed by atoms with Crippen molar-refractivity contribution < 1.29 is 9.90 Å². The zero-order chi connectivity index (χ0) is 18.8. The quantitative estimate of drug-likeness (QED) is 0.332. The monoisotopic (exact) mass is 378 g/mol. The normalized spacial score (nSPS) is 20.5. The van der Waals surface area contributed by atoms with Gasteiger partial charge in [-0.15, -0.1) is 0 Å². The number of hydrogen-bond donors (Lipinski definition) is 4. The average Bonchev–Trinajstić information content (AvgIpc) is 2.66. The molecule has 1 aromatic rings. The van der Waals surface area contributed by atoms with Crippen molar-refractivity contribution in [1.29, 1.82) is 0 Å². The minimum Gasteiger partial charge on any atom is -0.508 e. The highest BCUT2D eigenvalue weighted by Crippen LogP contribution is 2.26. The van der Waals surface area contributed by atoms with Gasteiger partial charge in [0.2, 0.25) is 0 Å². The van der Waals surface area contributed by atoms with E-state index in [0.717, 1.165) is 17.8 Å². The van der Waals surface area contributed by atoms with Gasteiger partial charge in [-0.2, -0.15) is 11.8 Å². The molecule has 0 radical (unpaired) electrons. The summed E-state index contributed by atoms with van der Waals surface area (Å²) in [4.78, 5) is 16.6. The molecule has 0 spiro atoms. The number of aromatic hydroxyl groups is 1. The highest BCUT2D eigenvalue weighted by Gasteiger charge is 2.21. The number of phenolic OH excluding ortho intramolecular Hbond substituents is 1. The molecule has 26 heavy (non-hydrogen) atoms. The van der Waals surface area contributed by atoms with Crippen LogP contribution in [0.1, 0.15) is 43.0 Å². The van der Waals surface area contributed by atoms with Crippen LogP contribution in [0.5, 0.6) is 5.75 Å². The molecule has 0 aromatic heterocycles. The minimum absolute atomic E-state index is 0.152. The van der Waals surface area contributed by atoms with Crippen molar-refractivity contribution in [2.75, 3.05) is 25.9 Å². The van der Waals surface area contributed by atoms with E-state index in [0.29, 0.717) is 24.7 Å². The molecule has 1 aromatic carbocycles. The zero-order valence-corrected chi connectivity index (χ0v) is 16.4. The van der Waals surface area contributed by atoms with Crippen LogP contribution in [0.15, 0.2) is 29.3 Å². The molecule has 0 saturated heterocycles. The third kappa shape index (κ3) is 6.78. The summed E-state index contributed by atoms with van der Waals surface area (Å²) in [6.45, 7) is 3.84. The van der Waals surface area contributed by atoms with Crippen molar-refractivity contribution in [2.24, 2.45) is 4.99 Å². The van der Waals surface area contributed by atoms with Gasteiger partial charge in [-0.3, -0.25) is 9.79 Å². The van der Waals surface area contributed by atoms with E-state index in [1.807, 2.05) is 11.8 Å². The van der Waals surface area contributed by atoms with E-state index < -0.39 is 0 Å². The molecule has 2 atom stereocenters. The Hall–Kier alpha value is -1.89. The fraction of sp³-hybridized carbons (Fsp3) is 0.579. The first kappa shape index (κ1) is 20.4. The van der Waals surface area contributed by atoms with Gasteiger partial charge in [-0.05, 0) is 56.7 Å². The molecular formula is C19H30N4O2S. The molecular weight excluding hydrogens is 348 g/mol. The van der Waals surface area contributed by atoms with Gasteiger partial charge in [0, 0.05) is 29.9 Å². The summed E-state index contributed by atoms with van der Waals surface area (Å²) in [5, 5.41) is 19.7. The SMILES string of the molecule is CCNC(=NCCNC(=O)c1ccc(O)cc1)NC1CCCC(SC)C1. The Labute approximate surface area is 160 Å². The standard InChI is InChI=1S/C19H30N4O2S/c1-3-20-19(23-15-5-4-6-17(13-15)26-2)22-12-11-21-18(25)14-7-9-16(24)10-8-14/h7-10,15,17,24H,3-6,11-13H2,1-2H3,(H,21,25)(H2,20,22,23). The van der Waals surface area contributed by atoms with Crippen molar-refractivity contribution in [2.45, 2.75) is 43.9 Å². The van der Waals surface area contributed by atoms with Gasteiger partial charge in [0.25, 0.3) is 5.91 Å². The number of nitrogens with one attached hydrogen (secondary N) is 3. The number of carbonyl (C=O) groups excluding carboxylic acids is 1. The van der Waals surface area contributed by atoms with Crippen LogP contribution in [0.3, 0.4) is 0 Å². The third-order valence-electron chi connectivity index (χ3n) is 4.44. The van der Waals surface area contributed by atoms with Crippen LogP contribution < -0.4 is 16.0 Å². The predicted molar refractivity (Wildman–Crippen MR) is 109 cm³/mol. The lowest BCUT2D eigenvalue weighted by molar-refractivity contribution is 0.0955. The van der Waals surface area contributed by atoms with E-state index in [-0.39, 0.29) is 11.7 Å². The molecule has 1 aliphatic rings. The molecule has 1 saturated carbocycles. The number of benzene rings is 1. The van der Waals surface area contributed by atoms with Crippen LogP contribution in [0.2, 0.25) is 0 Å². The van der Waals surface area contributed by atoms with Crippen molar-refractivity contribution in [3.8, 4) is 5.75 Å². The summed E-state index contributed by atoms with van der Waals surface area (Å²) in [6, 6.07) is 6.68. The molecule has 4 N–H and O–H groups in total. The number of nitrogens with zero attached hydrogens (tertiary/aromatic N) is 1. The molecule has 1 fully saturated rings. The number of phenols is 1. The first-order valence-electron chi connectivity index (χ1n) is 9.27. The maximum absolute atomic E-state index is 12.0. The number of thioether (sulfide) groups is 1. The summed E-state index contributed by atoms with van der Waals surface area (Å²) in [7, 11) is 0. The first-order valence-corrected chi connectivity index (χ1v) is 10.6. The number of aliphatic imine (C=N–C) groups is 1. The van der Waals surface area contributed by atoms with Crippen LogP contribution in [-0.4, -0.2) is 54.2 Å². The minimum atomic E-state index is -0.159. The molecule has 0 bridgehead atoms. The molecule has 1 amide bonds. The highest BCUT2D eigenvalue weighted by atomic mass is 32.2. The van der Waals surface area contributed by atoms with Gasteiger partial charge in [0.05, 0.1) is 6.54 Å². The van der Waals surface area contributed by atoms with Crippen molar-refractivity contribution in [3.05, 3.63) is 29.8 Å². The van der Waals surface area contributed by atoms with Crippen LogP contribution >= 0.6 is 11.8 Å². The number of guanidine groups is 1. The Kier molecular flexibility index (Phi) is 8.61. The largest absolute Gasteiger partial charge is 0.508 e. The maximum Gasteiger partial charge on any atom is 0.251 e. The summed E-state index contributed by atoms with van der Waals surface area (Å²) in [5.41, 5.74) is 0.530. The average molecular weight is 379 g/mol. The zero-order valence-electron chi connectivity index (χ0n) is 15.6. The van der Waals surface area contributed by atoms with Crippen LogP contribution in [-0.2, 0) is 0 Å². The smallest absolute Gasteiger partial charge is 0.251 e. The number of hydrogen-bond acceptors (Lipinski definition) is 4. The van der Waals surface area contributed by atoms with E-state index in [1.54, 1.807) is 12.1 Å². The summed E-state index contributed by atoms with van der Waals surface area (Å²) in [5.74, 6) is 0.810. The Morgan fingerprint density at radius 1 is 1.27 bits per heavy atom. The molecule has 6 nitrogen and oxygen atoms in total. The molecule has 144 valence electrons. The van der Waals surface area contributed by atoms with Gasteiger partial charge < -0.3 is 21.1 Å². The number of carbonyl (C=O) groups is 1. The molecule has 0 heterocycles. The molecule has 2 rings (SSSR count). The molecule has 7 heteroatoms. The Morgan fingerprint density at radius 2 is 2.04 bits per heavy atom. The van der Waals surface area contributed by atoms with E-state index in [1.165, 1.54) is 37.8 Å². The van der Waals surface area contributed by atoms with E-state index in [4.69, 9.17) is 0 Å². The third-order valence-corrected chi connectivity index (χ3v) is 5.54. The summed E-state index contributed by atoms with van der Waals surface area (Å²) < 4.78 is 0. The van der Waals surface area contributed by atoms with Gasteiger partial charge in [0.1, 0.15) is 5.75 Å². The first-order chi connectivity index (χ1) is 12.6. The number of rotatable bonds is 7. The van der Waals surface area contributed by atoms with Crippen molar-refractivity contribution >= 4 is 23.6 Å². The molecule has 0 aliphatic heterocycles. The Bertz CT molecular complexity index is 592. The highest BCUT2D eigenvalue weighted by molar-refractivity contribution is 7.99. The topological polar surface area (TPSA) is 85.8 Å². The lowest BCUT2D eigenvalue weighted by Crippen LogP contribution is -2.46. The number of amides is 1. The van der Waals surface area contributed by atoms with E-state index in [9.17, 15) is 9.90 Å². The van der Waals surface area contributed by atoms with Crippen LogP contribution in [0.25, 0.3) is 0 Å². The van der Waals surface area contributed by atoms with Crippen molar-refractivity contribution in [3.63, 3.8) is 0 Å². The van der Waals surface area contributed by atoms with E-state index in [2.05, 4.69) is 34.1 Å². The molecule has 1 aliphatic carbocycles. The maximum atomic E-state index is 12.0. The second kappa shape index (κ2) is 11.0. The second-order valence-corrected chi connectivity index (χ2v) is 7.57. The van der Waals surface area contributed by atoms with Gasteiger partial charge in [-0.1, -0.05) is 6.42 Å². The Balaban J connectivity index is 1.79. The van der Waals surface area contributed by atoms with Crippen LogP contribution in [0.4, 0.5) is 0 Å². The van der Waals surface area contributed by atoms with Gasteiger partial charge in [0.15, 0.2) is 5.96 Å². The van der Waals surface area contributed by atoms with Gasteiger partial charge in [-0.25, -0.2) is 0 Å². The van der Waals surface area contributed by atoms with E-state index >= 15 is 0 Å². The van der Waals surface area contributed by atoms with Crippen LogP contribution in [0, 0.1) is 0 Å². The Morgan fingerprint density at radius 3 is 2.73 bits per heavy atom. The summed E-state index contributed by atoms with van der Waals surface area (Å²) >= 11 is 1.95. The summed E-state index contributed by atoms with van der Waals surface area (Å²) in [6.07, 6.45) is 7.09. The second-order valence-electron chi connectivity index (χ2n) is 6.43. The molecule has 2 unspecified atom stereocenters. The predicted octanol–water partition coefficient (Wildman–Crippen LogP) is 2.35.